The zero-order valence-corrected chi connectivity index (χ0v) is 14.8. The summed E-state index contributed by atoms with van der Waals surface area (Å²) in [6.45, 7) is 6.05. The number of carbonyl (C=O) groups is 1. The van der Waals surface area contributed by atoms with Crippen molar-refractivity contribution in [3.8, 4) is 0 Å². The second kappa shape index (κ2) is 6.15. The predicted octanol–water partition coefficient (Wildman–Crippen LogP) is 1.48. The molecule has 6 heteroatoms. The van der Waals surface area contributed by atoms with Crippen molar-refractivity contribution in [3.63, 3.8) is 0 Å². The minimum absolute atomic E-state index is 0.0763. The van der Waals surface area contributed by atoms with Gasteiger partial charge in [-0.25, -0.2) is 4.98 Å². The number of likely N-dealkylation sites (tertiary alicyclic amines) is 2. The largest absolute Gasteiger partial charge is 0.354 e. The lowest BCUT2D eigenvalue weighted by Gasteiger charge is -2.25. The van der Waals surface area contributed by atoms with Gasteiger partial charge >= 0.3 is 0 Å². The standard InChI is InChI=1S/C17H26N4OS/c1-11-19-14(10-23-11)8-21-7-13-5-15(20(2)16(13)9-21)17(22)18-6-12-3-4-12/h10,12-13,15-16H,3-9H2,1-2H3,(H,18,22)/t13-,15-,16+/m0/s1. The third kappa shape index (κ3) is 3.30. The molecule has 3 atom stereocenters. The highest BCUT2D eigenvalue weighted by Gasteiger charge is 2.47. The quantitative estimate of drug-likeness (QED) is 0.886. The zero-order valence-electron chi connectivity index (χ0n) is 14.0. The molecule has 1 aliphatic carbocycles. The first-order valence-corrected chi connectivity index (χ1v) is 9.61. The van der Waals surface area contributed by atoms with Crippen LogP contribution in [0.5, 0.6) is 0 Å². The fourth-order valence-electron chi connectivity index (χ4n) is 4.13. The van der Waals surface area contributed by atoms with Crippen molar-refractivity contribution < 1.29 is 4.79 Å². The molecule has 126 valence electrons. The van der Waals surface area contributed by atoms with Crippen molar-refractivity contribution in [2.75, 3.05) is 26.7 Å². The first-order valence-electron chi connectivity index (χ1n) is 8.73. The lowest BCUT2D eigenvalue weighted by Crippen LogP contribution is -2.46. The monoisotopic (exact) mass is 334 g/mol. The van der Waals surface area contributed by atoms with Gasteiger partial charge in [-0.05, 0) is 45.1 Å². The fourth-order valence-corrected chi connectivity index (χ4v) is 4.74. The van der Waals surface area contributed by atoms with Crippen LogP contribution < -0.4 is 5.32 Å². The third-order valence-corrected chi connectivity index (χ3v) is 6.46. The Labute approximate surface area is 142 Å². The van der Waals surface area contributed by atoms with Crippen molar-refractivity contribution in [1.82, 2.24) is 20.1 Å². The van der Waals surface area contributed by atoms with Gasteiger partial charge in [-0.3, -0.25) is 14.6 Å². The fraction of sp³-hybridized carbons (Fsp3) is 0.765. The summed E-state index contributed by atoms with van der Waals surface area (Å²) in [6, 6.07) is 0.596. The van der Waals surface area contributed by atoms with E-state index in [0.29, 0.717) is 12.0 Å². The van der Waals surface area contributed by atoms with Crippen molar-refractivity contribution >= 4 is 17.2 Å². The Morgan fingerprint density at radius 1 is 1.43 bits per heavy atom. The molecule has 1 N–H and O–H groups in total. The van der Waals surface area contributed by atoms with Gasteiger partial charge in [-0.2, -0.15) is 0 Å². The van der Waals surface area contributed by atoms with Crippen LogP contribution in [-0.4, -0.2) is 59.5 Å². The Bertz CT molecular complexity index is 585. The Balaban J connectivity index is 1.31. The molecule has 1 saturated carbocycles. The number of nitrogens with zero attached hydrogens (tertiary/aromatic N) is 3. The molecule has 2 aliphatic heterocycles. The molecule has 4 rings (SSSR count). The molecular formula is C17H26N4OS. The Kier molecular flexibility index (Phi) is 4.15. The van der Waals surface area contributed by atoms with Crippen molar-refractivity contribution in [1.29, 1.82) is 0 Å². The first-order chi connectivity index (χ1) is 11.1. The summed E-state index contributed by atoms with van der Waals surface area (Å²) in [5.74, 6) is 1.62. The summed E-state index contributed by atoms with van der Waals surface area (Å²) in [4.78, 5) is 21.8. The molecule has 0 spiro atoms. The van der Waals surface area contributed by atoms with Crippen LogP contribution in [0.2, 0.25) is 0 Å². The van der Waals surface area contributed by atoms with E-state index in [1.165, 1.54) is 18.5 Å². The second-order valence-corrected chi connectivity index (χ2v) is 8.55. The molecule has 3 fully saturated rings. The summed E-state index contributed by atoms with van der Waals surface area (Å²) in [5, 5.41) is 6.47. The van der Waals surface area contributed by atoms with Gasteiger partial charge in [0.05, 0.1) is 16.7 Å². The number of thiazole rings is 1. The number of aryl methyl sites for hydroxylation is 1. The normalized spacial score (nSPS) is 31.5. The van der Waals surface area contributed by atoms with E-state index in [2.05, 4.69) is 39.5 Å². The van der Waals surface area contributed by atoms with Crippen LogP contribution in [0, 0.1) is 18.8 Å². The highest BCUT2D eigenvalue weighted by Crippen LogP contribution is 2.35. The van der Waals surface area contributed by atoms with Crippen LogP contribution in [0.3, 0.4) is 0 Å². The van der Waals surface area contributed by atoms with Gasteiger partial charge < -0.3 is 5.32 Å². The number of hydrogen-bond donors (Lipinski definition) is 1. The van der Waals surface area contributed by atoms with Crippen LogP contribution in [0.4, 0.5) is 0 Å². The van der Waals surface area contributed by atoms with Gasteiger partial charge in [0.25, 0.3) is 0 Å². The highest BCUT2D eigenvalue weighted by molar-refractivity contribution is 7.09. The second-order valence-electron chi connectivity index (χ2n) is 7.48. The van der Waals surface area contributed by atoms with Crippen molar-refractivity contribution in [2.24, 2.45) is 11.8 Å². The number of nitrogens with one attached hydrogen (secondary N) is 1. The maximum Gasteiger partial charge on any atom is 0.237 e. The molecule has 5 nitrogen and oxygen atoms in total. The van der Waals surface area contributed by atoms with Gasteiger partial charge in [0, 0.05) is 37.6 Å². The molecule has 3 aliphatic rings. The Morgan fingerprint density at radius 3 is 2.91 bits per heavy atom. The van der Waals surface area contributed by atoms with Crippen LogP contribution in [0.15, 0.2) is 5.38 Å². The van der Waals surface area contributed by atoms with Crippen molar-refractivity contribution in [2.45, 2.75) is 44.8 Å². The van der Waals surface area contributed by atoms with E-state index < -0.39 is 0 Å². The molecule has 0 unspecified atom stereocenters. The molecule has 1 aromatic rings. The number of rotatable bonds is 5. The predicted molar refractivity (Wildman–Crippen MR) is 91.3 cm³/mol. The minimum atomic E-state index is 0.0763. The number of carbonyl (C=O) groups excluding carboxylic acids is 1. The zero-order chi connectivity index (χ0) is 16.0. The third-order valence-electron chi connectivity index (χ3n) is 5.64. The van der Waals surface area contributed by atoms with Gasteiger partial charge in [-0.1, -0.05) is 0 Å². The maximum absolute atomic E-state index is 12.4. The molecule has 3 heterocycles. The van der Waals surface area contributed by atoms with E-state index in [4.69, 9.17) is 0 Å². The van der Waals surface area contributed by atoms with Crippen molar-refractivity contribution in [3.05, 3.63) is 16.1 Å². The number of likely N-dealkylation sites (N-methyl/N-ethyl adjacent to an activating group) is 1. The molecular weight excluding hydrogens is 308 g/mol. The lowest BCUT2D eigenvalue weighted by atomic mass is 10.0. The highest BCUT2D eigenvalue weighted by atomic mass is 32.1. The van der Waals surface area contributed by atoms with E-state index in [1.54, 1.807) is 11.3 Å². The van der Waals surface area contributed by atoms with Gasteiger partial charge in [0.1, 0.15) is 0 Å². The number of fused-ring (bicyclic) bond motifs is 1. The van der Waals surface area contributed by atoms with E-state index >= 15 is 0 Å². The maximum atomic E-state index is 12.4. The number of aromatic nitrogens is 1. The van der Waals surface area contributed by atoms with E-state index in [-0.39, 0.29) is 11.9 Å². The molecule has 1 aromatic heterocycles. The average molecular weight is 334 g/mol. The van der Waals surface area contributed by atoms with Gasteiger partial charge in [0.15, 0.2) is 0 Å². The molecule has 2 saturated heterocycles. The summed E-state index contributed by atoms with van der Waals surface area (Å²) >= 11 is 1.73. The van der Waals surface area contributed by atoms with Gasteiger partial charge in [0.2, 0.25) is 5.91 Å². The summed E-state index contributed by atoms with van der Waals surface area (Å²) in [5.41, 5.74) is 1.19. The van der Waals surface area contributed by atoms with E-state index in [0.717, 1.165) is 43.5 Å². The summed E-state index contributed by atoms with van der Waals surface area (Å²) in [7, 11) is 2.13. The Hall–Kier alpha value is -0.980. The average Bonchev–Trinajstić information content (AvgIpc) is 3.02. The van der Waals surface area contributed by atoms with Crippen LogP contribution in [-0.2, 0) is 11.3 Å². The lowest BCUT2D eigenvalue weighted by molar-refractivity contribution is -0.125. The molecule has 0 radical (unpaired) electrons. The first kappa shape index (κ1) is 15.5. The minimum Gasteiger partial charge on any atom is -0.354 e. The Morgan fingerprint density at radius 2 is 2.26 bits per heavy atom. The van der Waals surface area contributed by atoms with Crippen LogP contribution in [0.1, 0.15) is 30.0 Å². The van der Waals surface area contributed by atoms with Gasteiger partial charge in [-0.15, -0.1) is 11.3 Å². The number of hydrogen-bond acceptors (Lipinski definition) is 5. The molecule has 0 bridgehead atoms. The molecule has 0 aromatic carbocycles. The van der Waals surface area contributed by atoms with E-state index in [1.807, 2.05) is 0 Å². The van der Waals surface area contributed by atoms with Crippen LogP contribution >= 0.6 is 11.3 Å². The summed E-state index contributed by atoms with van der Waals surface area (Å²) < 4.78 is 0. The van der Waals surface area contributed by atoms with Crippen LogP contribution in [0.25, 0.3) is 0 Å². The summed E-state index contributed by atoms with van der Waals surface area (Å²) in [6.07, 6.45) is 3.58. The molecule has 23 heavy (non-hydrogen) atoms. The SMILES string of the molecule is Cc1nc(CN2C[C@@H]3C[C@@H](C(=O)NCC4CC4)N(C)[C@@H]3C2)cs1. The topological polar surface area (TPSA) is 48.5 Å². The molecule has 1 amide bonds. The van der Waals surface area contributed by atoms with E-state index in [9.17, 15) is 4.79 Å². The smallest absolute Gasteiger partial charge is 0.237 e. The number of amides is 1.